The molecule has 0 saturated carbocycles. The number of halogens is 1. The zero-order chi connectivity index (χ0) is 7.44. The minimum absolute atomic E-state index is 0.0523. The van der Waals surface area contributed by atoms with Crippen molar-refractivity contribution in [3.63, 3.8) is 0 Å². The van der Waals surface area contributed by atoms with Crippen LogP contribution in [0.5, 0.6) is 0 Å². The molecule has 0 radical (unpaired) electrons. The second-order valence-corrected chi connectivity index (χ2v) is 2.49. The van der Waals surface area contributed by atoms with Crippen LogP contribution in [0.4, 0.5) is 4.39 Å². The Labute approximate surface area is 54.9 Å². The van der Waals surface area contributed by atoms with Gasteiger partial charge in [-0.15, -0.1) is 0 Å². The number of aliphatic hydroxyl groups excluding tert-OH is 1. The Bertz CT molecular complexity index is 77.5. The van der Waals surface area contributed by atoms with Gasteiger partial charge in [-0.1, -0.05) is 13.8 Å². The van der Waals surface area contributed by atoms with Gasteiger partial charge >= 0.3 is 0 Å². The van der Waals surface area contributed by atoms with Crippen molar-refractivity contribution >= 4 is 0 Å². The van der Waals surface area contributed by atoms with E-state index < -0.39 is 12.3 Å². The van der Waals surface area contributed by atoms with Crippen molar-refractivity contribution in [2.24, 2.45) is 11.7 Å². The molecule has 0 aliphatic heterocycles. The fourth-order valence-corrected chi connectivity index (χ4v) is 0.557. The average Bonchev–Trinajstić information content (AvgIpc) is 1.84. The molecule has 2 nitrogen and oxygen atoms in total. The molecule has 9 heavy (non-hydrogen) atoms. The number of alkyl halides is 1. The van der Waals surface area contributed by atoms with Gasteiger partial charge in [0.2, 0.25) is 0 Å². The third kappa shape index (κ3) is 2.77. The highest BCUT2D eigenvalue weighted by atomic mass is 19.1. The number of nitrogens with two attached hydrogens (primary N) is 1. The highest BCUT2D eigenvalue weighted by Gasteiger charge is 2.19. The molecule has 3 heteroatoms. The molecular formula is C6H14FNO. The fourth-order valence-electron chi connectivity index (χ4n) is 0.557. The van der Waals surface area contributed by atoms with Gasteiger partial charge < -0.3 is 10.8 Å². The molecule has 0 spiro atoms. The third-order valence-corrected chi connectivity index (χ3v) is 1.28. The van der Waals surface area contributed by atoms with Crippen molar-refractivity contribution in [3.8, 4) is 0 Å². The summed E-state index contributed by atoms with van der Waals surface area (Å²) in [5.74, 6) is -0.0523. The molecule has 0 rings (SSSR count). The maximum Gasteiger partial charge on any atom is 0.138 e. The largest absolute Gasteiger partial charge is 0.390 e. The lowest BCUT2D eigenvalue weighted by molar-refractivity contribution is 0.0455. The molecule has 2 unspecified atom stereocenters. The minimum Gasteiger partial charge on any atom is -0.390 e. The van der Waals surface area contributed by atoms with E-state index in [0.717, 1.165) is 0 Å². The van der Waals surface area contributed by atoms with Crippen molar-refractivity contribution in [2.75, 3.05) is 6.54 Å². The maximum absolute atomic E-state index is 12.4. The summed E-state index contributed by atoms with van der Waals surface area (Å²) in [5.41, 5.74) is 4.98. The Kier molecular flexibility index (Phi) is 3.73. The van der Waals surface area contributed by atoms with Crippen molar-refractivity contribution in [1.82, 2.24) is 0 Å². The van der Waals surface area contributed by atoms with E-state index in [1.165, 1.54) is 0 Å². The summed E-state index contributed by atoms with van der Waals surface area (Å²) in [4.78, 5) is 0. The molecule has 56 valence electrons. The Balaban J connectivity index is 3.58. The van der Waals surface area contributed by atoms with Gasteiger partial charge in [0.1, 0.15) is 6.17 Å². The molecule has 0 aromatic carbocycles. The summed E-state index contributed by atoms with van der Waals surface area (Å²) in [6.07, 6.45) is -2.18. The first-order valence-electron chi connectivity index (χ1n) is 3.11. The minimum atomic E-state index is -1.27. The molecule has 2 atom stereocenters. The first kappa shape index (κ1) is 8.85. The second kappa shape index (κ2) is 3.80. The van der Waals surface area contributed by atoms with Crippen LogP contribution in [0, 0.1) is 5.92 Å². The molecule has 0 amide bonds. The van der Waals surface area contributed by atoms with Crippen LogP contribution in [0.25, 0.3) is 0 Å². The predicted octanol–water partition coefficient (Wildman–Crippen LogP) is 0.300. The highest BCUT2D eigenvalue weighted by Crippen LogP contribution is 2.07. The molecule has 0 aromatic rings. The lowest BCUT2D eigenvalue weighted by atomic mass is 10.0. The van der Waals surface area contributed by atoms with E-state index in [2.05, 4.69) is 0 Å². The Morgan fingerprint density at radius 2 is 2.00 bits per heavy atom. The molecule has 0 saturated heterocycles. The van der Waals surface area contributed by atoms with E-state index in [-0.39, 0.29) is 12.5 Å². The van der Waals surface area contributed by atoms with Crippen molar-refractivity contribution in [2.45, 2.75) is 26.1 Å². The Hall–Kier alpha value is -0.150. The van der Waals surface area contributed by atoms with E-state index in [9.17, 15) is 4.39 Å². The summed E-state index contributed by atoms with van der Waals surface area (Å²) in [5, 5.41) is 8.94. The van der Waals surface area contributed by atoms with Gasteiger partial charge in [0.25, 0.3) is 0 Å². The molecule has 0 aromatic heterocycles. The lowest BCUT2D eigenvalue weighted by Gasteiger charge is -2.16. The first-order valence-corrected chi connectivity index (χ1v) is 3.11. The number of hydrogen-bond acceptors (Lipinski definition) is 2. The van der Waals surface area contributed by atoms with Gasteiger partial charge in [-0.05, 0) is 5.92 Å². The summed E-state index contributed by atoms with van der Waals surface area (Å²) in [6.45, 7) is 3.42. The molecule has 0 heterocycles. The van der Waals surface area contributed by atoms with Gasteiger partial charge in [0.05, 0.1) is 6.10 Å². The first-order chi connectivity index (χ1) is 4.09. The summed E-state index contributed by atoms with van der Waals surface area (Å²) >= 11 is 0. The Morgan fingerprint density at radius 1 is 1.56 bits per heavy atom. The number of rotatable bonds is 3. The quantitative estimate of drug-likeness (QED) is 0.584. The molecule has 0 aliphatic rings. The number of hydrogen-bond donors (Lipinski definition) is 2. The topological polar surface area (TPSA) is 46.2 Å². The number of aliphatic hydroxyl groups is 1. The standard InChI is InChI=1S/C6H14FNO/c1-4(2)6(9)5(7)3-8/h4-6,9H,3,8H2,1-2H3. The predicted molar refractivity (Wildman–Crippen MR) is 34.8 cm³/mol. The zero-order valence-corrected chi connectivity index (χ0v) is 5.84. The van der Waals surface area contributed by atoms with Crippen LogP contribution in [0.1, 0.15) is 13.8 Å². The fraction of sp³-hybridized carbons (Fsp3) is 1.00. The van der Waals surface area contributed by atoms with Gasteiger partial charge in [0, 0.05) is 6.54 Å². The van der Waals surface area contributed by atoms with Crippen LogP contribution >= 0.6 is 0 Å². The van der Waals surface area contributed by atoms with E-state index >= 15 is 0 Å². The molecule has 0 aliphatic carbocycles. The van der Waals surface area contributed by atoms with Crippen LogP contribution in [0.2, 0.25) is 0 Å². The van der Waals surface area contributed by atoms with E-state index in [0.29, 0.717) is 0 Å². The third-order valence-electron chi connectivity index (χ3n) is 1.28. The summed E-state index contributed by atoms with van der Waals surface area (Å²) in [6, 6.07) is 0. The smallest absolute Gasteiger partial charge is 0.138 e. The van der Waals surface area contributed by atoms with Crippen LogP contribution < -0.4 is 5.73 Å². The van der Waals surface area contributed by atoms with Crippen LogP contribution in [0.3, 0.4) is 0 Å². The molecule has 0 fully saturated rings. The normalized spacial score (nSPS) is 18.0. The van der Waals surface area contributed by atoms with Crippen LogP contribution in [0.15, 0.2) is 0 Å². The van der Waals surface area contributed by atoms with Crippen molar-refractivity contribution in [1.29, 1.82) is 0 Å². The molecule has 3 N–H and O–H groups in total. The monoisotopic (exact) mass is 135 g/mol. The van der Waals surface area contributed by atoms with Crippen LogP contribution in [-0.2, 0) is 0 Å². The second-order valence-electron chi connectivity index (χ2n) is 2.49. The highest BCUT2D eigenvalue weighted by molar-refractivity contribution is 4.70. The Morgan fingerprint density at radius 3 is 2.11 bits per heavy atom. The van der Waals surface area contributed by atoms with Gasteiger partial charge in [0.15, 0.2) is 0 Å². The van der Waals surface area contributed by atoms with Crippen molar-refractivity contribution in [3.05, 3.63) is 0 Å². The van der Waals surface area contributed by atoms with E-state index in [1.807, 2.05) is 0 Å². The molecular weight excluding hydrogens is 121 g/mol. The van der Waals surface area contributed by atoms with E-state index in [4.69, 9.17) is 10.8 Å². The maximum atomic E-state index is 12.4. The van der Waals surface area contributed by atoms with Gasteiger partial charge in [-0.3, -0.25) is 0 Å². The summed E-state index contributed by atoms with van der Waals surface area (Å²) < 4.78 is 12.4. The summed E-state index contributed by atoms with van der Waals surface area (Å²) in [7, 11) is 0. The van der Waals surface area contributed by atoms with Crippen molar-refractivity contribution < 1.29 is 9.50 Å². The lowest BCUT2D eigenvalue weighted by Crippen LogP contribution is -2.33. The SMILES string of the molecule is CC(C)C(O)C(F)CN. The van der Waals surface area contributed by atoms with Gasteiger partial charge in [-0.25, -0.2) is 4.39 Å². The van der Waals surface area contributed by atoms with Crippen LogP contribution in [-0.4, -0.2) is 23.9 Å². The van der Waals surface area contributed by atoms with Gasteiger partial charge in [-0.2, -0.15) is 0 Å². The van der Waals surface area contributed by atoms with E-state index in [1.54, 1.807) is 13.8 Å². The average molecular weight is 135 g/mol. The molecule has 0 bridgehead atoms. The zero-order valence-electron chi connectivity index (χ0n) is 5.84.